The van der Waals surface area contributed by atoms with E-state index in [1.54, 1.807) is 13.8 Å². The topological polar surface area (TPSA) is 42.2 Å². The number of nitrogens with zero attached hydrogens (tertiary/aromatic N) is 1. The van der Waals surface area contributed by atoms with E-state index >= 15 is 0 Å². The van der Waals surface area contributed by atoms with E-state index in [4.69, 9.17) is 11.6 Å². The Morgan fingerprint density at radius 3 is 2.53 bits per heavy atom. The molecule has 0 fully saturated rings. The molecule has 0 aliphatic carbocycles. The van der Waals surface area contributed by atoms with Gasteiger partial charge in [0.25, 0.3) is 0 Å². The molecular formula is C15H18ClNO2. The fourth-order valence-corrected chi connectivity index (χ4v) is 2.59. The van der Waals surface area contributed by atoms with Gasteiger partial charge in [0.05, 0.1) is 0 Å². The molecule has 0 aliphatic heterocycles. The van der Waals surface area contributed by atoms with E-state index in [1.807, 2.05) is 38.1 Å². The van der Waals surface area contributed by atoms with Crippen molar-refractivity contribution in [3.8, 4) is 0 Å². The summed E-state index contributed by atoms with van der Waals surface area (Å²) in [7, 11) is 0. The van der Waals surface area contributed by atoms with Crippen LogP contribution in [0.25, 0.3) is 10.9 Å². The molecule has 0 bridgehead atoms. The first-order valence-electron chi connectivity index (χ1n) is 6.30. The molecule has 19 heavy (non-hydrogen) atoms. The number of carbonyl (C=O) groups is 1. The van der Waals surface area contributed by atoms with E-state index in [0.29, 0.717) is 5.02 Å². The van der Waals surface area contributed by atoms with Gasteiger partial charge in [0.15, 0.2) is 0 Å². The molecule has 0 radical (unpaired) electrons. The number of carboxylic acids is 1. The smallest absolute Gasteiger partial charge is 0.315 e. The molecule has 2 aromatic rings. The van der Waals surface area contributed by atoms with Gasteiger partial charge in [-0.15, -0.1) is 0 Å². The lowest BCUT2D eigenvalue weighted by molar-refractivity contribution is -0.142. The van der Waals surface area contributed by atoms with Crippen LogP contribution < -0.4 is 0 Å². The molecule has 0 amide bonds. The van der Waals surface area contributed by atoms with Crippen molar-refractivity contribution in [3.05, 3.63) is 35.0 Å². The maximum absolute atomic E-state index is 11.5. The average Bonchev–Trinajstić information content (AvgIpc) is 2.70. The first-order chi connectivity index (χ1) is 8.76. The fourth-order valence-electron chi connectivity index (χ4n) is 2.36. The van der Waals surface area contributed by atoms with Crippen LogP contribution in [0.1, 0.15) is 39.4 Å². The SMILES string of the molecule is CC(C)n1c(C(C)(C)C(=O)O)cc2c(Cl)cccc21. The summed E-state index contributed by atoms with van der Waals surface area (Å²) in [6.45, 7) is 7.52. The van der Waals surface area contributed by atoms with Crippen LogP contribution in [0.4, 0.5) is 0 Å². The molecule has 0 saturated heterocycles. The van der Waals surface area contributed by atoms with Crippen molar-refractivity contribution < 1.29 is 9.90 Å². The predicted molar refractivity (Wildman–Crippen MR) is 78.0 cm³/mol. The van der Waals surface area contributed by atoms with Crippen LogP contribution in [0.3, 0.4) is 0 Å². The number of aliphatic carboxylic acids is 1. The van der Waals surface area contributed by atoms with Gasteiger partial charge in [-0.2, -0.15) is 0 Å². The van der Waals surface area contributed by atoms with Crippen LogP contribution in [-0.4, -0.2) is 15.6 Å². The van der Waals surface area contributed by atoms with Gasteiger partial charge in [0.1, 0.15) is 5.41 Å². The molecule has 3 nitrogen and oxygen atoms in total. The van der Waals surface area contributed by atoms with Crippen molar-refractivity contribution in [2.24, 2.45) is 0 Å². The predicted octanol–water partition coefficient (Wildman–Crippen LogP) is 4.24. The Morgan fingerprint density at radius 2 is 2.00 bits per heavy atom. The van der Waals surface area contributed by atoms with E-state index in [1.165, 1.54) is 0 Å². The van der Waals surface area contributed by atoms with E-state index < -0.39 is 11.4 Å². The van der Waals surface area contributed by atoms with Crippen LogP contribution in [0.2, 0.25) is 5.02 Å². The van der Waals surface area contributed by atoms with Gasteiger partial charge in [-0.1, -0.05) is 17.7 Å². The largest absolute Gasteiger partial charge is 0.481 e. The number of fused-ring (bicyclic) bond motifs is 1. The number of benzene rings is 1. The lowest BCUT2D eigenvalue weighted by Gasteiger charge is -2.24. The molecule has 1 aromatic carbocycles. The van der Waals surface area contributed by atoms with Gasteiger partial charge in [-0.3, -0.25) is 4.79 Å². The summed E-state index contributed by atoms with van der Waals surface area (Å²) < 4.78 is 2.05. The number of halogens is 1. The number of hydrogen-bond donors (Lipinski definition) is 1. The van der Waals surface area contributed by atoms with Gasteiger partial charge < -0.3 is 9.67 Å². The summed E-state index contributed by atoms with van der Waals surface area (Å²) in [5.74, 6) is -0.840. The normalized spacial score (nSPS) is 12.3. The van der Waals surface area contributed by atoms with Crippen molar-refractivity contribution in [1.82, 2.24) is 4.57 Å². The molecule has 0 spiro atoms. The second-order valence-electron chi connectivity index (χ2n) is 5.60. The molecule has 4 heteroatoms. The van der Waals surface area contributed by atoms with Crippen LogP contribution in [-0.2, 0) is 10.2 Å². The maximum Gasteiger partial charge on any atom is 0.315 e. The summed E-state index contributed by atoms with van der Waals surface area (Å²) in [6.07, 6.45) is 0. The highest BCUT2D eigenvalue weighted by atomic mass is 35.5. The molecule has 0 atom stereocenters. The Bertz CT molecular complexity index is 641. The summed E-state index contributed by atoms with van der Waals surface area (Å²) in [5, 5.41) is 11.0. The van der Waals surface area contributed by atoms with E-state index in [-0.39, 0.29) is 6.04 Å². The summed E-state index contributed by atoms with van der Waals surface area (Å²) in [4.78, 5) is 11.5. The monoisotopic (exact) mass is 279 g/mol. The molecule has 1 N–H and O–H groups in total. The number of aromatic nitrogens is 1. The van der Waals surface area contributed by atoms with Gasteiger partial charge >= 0.3 is 5.97 Å². The molecule has 0 aliphatic rings. The van der Waals surface area contributed by atoms with Gasteiger partial charge in [0, 0.05) is 27.7 Å². The van der Waals surface area contributed by atoms with E-state index in [2.05, 4.69) is 4.57 Å². The van der Waals surface area contributed by atoms with Crippen LogP contribution in [0.15, 0.2) is 24.3 Å². The molecule has 2 rings (SSSR count). The summed E-state index contributed by atoms with van der Waals surface area (Å²) >= 11 is 6.22. The van der Waals surface area contributed by atoms with Crippen molar-refractivity contribution >= 4 is 28.5 Å². The standard InChI is InChI=1S/C15H18ClNO2/c1-9(2)17-12-7-5-6-11(16)10(12)8-13(17)15(3,4)14(18)19/h5-9H,1-4H3,(H,18,19). The average molecular weight is 280 g/mol. The minimum Gasteiger partial charge on any atom is -0.481 e. The highest BCUT2D eigenvalue weighted by Crippen LogP contribution is 2.35. The van der Waals surface area contributed by atoms with Gasteiger partial charge in [-0.05, 0) is 45.9 Å². The minimum absolute atomic E-state index is 0.171. The van der Waals surface area contributed by atoms with E-state index in [0.717, 1.165) is 16.6 Å². The maximum atomic E-state index is 11.5. The lowest BCUT2D eigenvalue weighted by Crippen LogP contribution is -2.31. The molecule has 0 unspecified atom stereocenters. The molecular weight excluding hydrogens is 262 g/mol. The zero-order valence-corrected chi connectivity index (χ0v) is 12.3. The Morgan fingerprint density at radius 1 is 1.37 bits per heavy atom. The minimum atomic E-state index is -0.952. The van der Waals surface area contributed by atoms with Crippen molar-refractivity contribution in [3.63, 3.8) is 0 Å². The second kappa shape index (κ2) is 4.57. The lowest BCUT2D eigenvalue weighted by atomic mass is 9.89. The molecule has 102 valence electrons. The molecule has 1 heterocycles. The van der Waals surface area contributed by atoms with Crippen LogP contribution in [0, 0.1) is 0 Å². The van der Waals surface area contributed by atoms with Crippen molar-refractivity contribution in [2.45, 2.75) is 39.2 Å². The highest BCUT2D eigenvalue weighted by molar-refractivity contribution is 6.35. The summed E-state index contributed by atoms with van der Waals surface area (Å²) in [5.41, 5.74) is 0.803. The Labute approximate surface area is 117 Å². The Kier molecular flexibility index (Phi) is 3.35. The van der Waals surface area contributed by atoms with Gasteiger partial charge in [-0.25, -0.2) is 0 Å². The van der Waals surface area contributed by atoms with Crippen LogP contribution >= 0.6 is 11.6 Å². The quantitative estimate of drug-likeness (QED) is 0.913. The third-order valence-electron chi connectivity index (χ3n) is 3.52. The Hall–Kier alpha value is -1.48. The first-order valence-corrected chi connectivity index (χ1v) is 6.68. The van der Waals surface area contributed by atoms with Crippen molar-refractivity contribution in [2.75, 3.05) is 0 Å². The fraction of sp³-hybridized carbons (Fsp3) is 0.400. The zero-order valence-electron chi connectivity index (χ0n) is 11.6. The number of hydrogen-bond acceptors (Lipinski definition) is 1. The van der Waals surface area contributed by atoms with Crippen molar-refractivity contribution in [1.29, 1.82) is 0 Å². The van der Waals surface area contributed by atoms with E-state index in [9.17, 15) is 9.90 Å². The first kappa shape index (κ1) is 13.9. The number of carboxylic acid groups (broad SMARTS) is 1. The second-order valence-corrected chi connectivity index (χ2v) is 6.00. The summed E-state index contributed by atoms with van der Waals surface area (Å²) in [6, 6.07) is 7.76. The third kappa shape index (κ3) is 2.12. The third-order valence-corrected chi connectivity index (χ3v) is 3.85. The Balaban J connectivity index is 2.85. The van der Waals surface area contributed by atoms with Gasteiger partial charge in [0.2, 0.25) is 0 Å². The number of rotatable bonds is 3. The molecule has 0 saturated carbocycles. The van der Waals surface area contributed by atoms with Crippen LogP contribution in [0.5, 0.6) is 0 Å². The highest BCUT2D eigenvalue weighted by Gasteiger charge is 2.34. The molecule has 1 aromatic heterocycles. The zero-order chi connectivity index (χ0) is 14.4.